The number of benzene rings is 1. The van der Waals surface area contributed by atoms with Crippen LogP contribution in [0.3, 0.4) is 0 Å². The first-order chi connectivity index (χ1) is 10.6. The number of rotatable bonds is 4. The first kappa shape index (κ1) is 14.1. The molecule has 0 saturated carbocycles. The Labute approximate surface area is 127 Å². The van der Waals surface area contributed by atoms with Gasteiger partial charge in [0.05, 0.1) is 6.54 Å². The van der Waals surface area contributed by atoms with Gasteiger partial charge in [0.2, 0.25) is 0 Å². The third-order valence-corrected chi connectivity index (χ3v) is 3.33. The van der Waals surface area contributed by atoms with Crippen LogP contribution in [0.1, 0.15) is 17.0 Å². The second-order valence-corrected chi connectivity index (χ2v) is 5.02. The van der Waals surface area contributed by atoms with Crippen molar-refractivity contribution in [2.24, 2.45) is 0 Å². The van der Waals surface area contributed by atoms with E-state index in [4.69, 9.17) is 4.52 Å². The molecule has 1 aromatic carbocycles. The molecule has 0 atom stereocenters. The summed E-state index contributed by atoms with van der Waals surface area (Å²) in [6.45, 7) is 4.10. The Hall–Kier alpha value is -2.89. The zero-order chi connectivity index (χ0) is 15.5. The Balaban J connectivity index is 1.88. The van der Waals surface area contributed by atoms with Gasteiger partial charge in [-0.2, -0.15) is 5.10 Å². The summed E-state index contributed by atoms with van der Waals surface area (Å²) in [6.07, 6.45) is 0. The summed E-state index contributed by atoms with van der Waals surface area (Å²) >= 11 is 0. The van der Waals surface area contributed by atoms with Gasteiger partial charge in [-0.1, -0.05) is 35.5 Å². The summed E-state index contributed by atoms with van der Waals surface area (Å²) in [6, 6.07) is 12.9. The van der Waals surface area contributed by atoms with E-state index in [1.54, 1.807) is 6.07 Å². The average molecular weight is 296 g/mol. The van der Waals surface area contributed by atoms with Crippen molar-refractivity contribution in [1.29, 1.82) is 0 Å². The smallest absolute Gasteiger partial charge is 0.267 e. The van der Waals surface area contributed by atoms with Crippen LogP contribution < -0.4 is 10.9 Å². The standard InChI is InChI=1S/C16H16N4O2/c1-11-16(12(2)22-19-11)17-14-8-9-15(21)20(18-14)10-13-6-4-3-5-7-13/h3-9H,10H2,1-2H3,(H,17,18). The van der Waals surface area contributed by atoms with Crippen LogP contribution in [0.15, 0.2) is 51.8 Å². The lowest BCUT2D eigenvalue weighted by atomic mass is 10.2. The molecule has 0 fully saturated rings. The molecule has 112 valence electrons. The van der Waals surface area contributed by atoms with E-state index in [1.807, 2.05) is 44.2 Å². The Morgan fingerprint density at radius 2 is 1.91 bits per heavy atom. The summed E-state index contributed by atoms with van der Waals surface area (Å²) in [5.41, 5.74) is 2.40. The van der Waals surface area contributed by atoms with Gasteiger partial charge < -0.3 is 9.84 Å². The van der Waals surface area contributed by atoms with Gasteiger partial charge in [-0.05, 0) is 25.5 Å². The van der Waals surface area contributed by atoms with E-state index in [-0.39, 0.29) is 5.56 Å². The number of hydrogen-bond acceptors (Lipinski definition) is 5. The predicted octanol–water partition coefficient (Wildman–Crippen LogP) is 2.64. The fraction of sp³-hybridized carbons (Fsp3) is 0.188. The molecular formula is C16H16N4O2. The van der Waals surface area contributed by atoms with Crippen molar-refractivity contribution in [3.05, 3.63) is 69.8 Å². The Kier molecular flexibility index (Phi) is 3.74. The van der Waals surface area contributed by atoms with Gasteiger partial charge in [0.25, 0.3) is 5.56 Å². The van der Waals surface area contributed by atoms with E-state index in [0.717, 1.165) is 16.9 Å². The highest BCUT2D eigenvalue weighted by Gasteiger charge is 2.10. The fourth-order valence-electron chi connectivity index (χ4n) is 2.17. The van der Waals surface area contributed by atoms with Gasteiger partial charge in [-0.15, -0.1) is 0 Å². The molecule has 1 N–H and O–H groups in total. The maximum atomic E-state index is 12.0. The number of aryl methyl sites for hydroxylation is 2. The third-order valence-electron chi connectivity index (χ3n) is 3.33. The largest absolute Gasteiger partial charge is 0.359 e. The van der Waals surface area contributed by atoms with E-state index in [1.165, 1.54) is 10.7 Å². The van der Waals surface area contributed by atoms with Crippen LogP contribution in [-0.2, 0) is 6.54 Å². The topological polar surface area (TPSA) is 73.0 Å². The molecule has 3 rings (SSSR count). The van der Waals surface area contributed by atoms with E-state index in [2.05, 4.69) is 15.6 Å². The molecule has 0 bridgehead atoms. The molecule has 6 nitrogen and oxygen atoms in total. The monoisotopic (exact) mass is 296 g/mol. The second-order valence-electron chi connectivity index (χ2n) is 5.02. The lowest BCUT2D eigenvalue weighted by Gasteiger charge is -2.08. The molecule has 0 amide bonds. The molecule has 0 aliphatic carbocycles. The Morgan fingerprint density at radius 3 is 2.59 bits per heavy atom. The molecule has 22 heavy (non-hydrogen) atoms. The van der Waals surface area contributed by atoms with Gasteiger partial charge in [0.15, 0.2) is 11.6 Å². The lowest BCUT2D eigenvalue weighted by molar-refractivity contribution is 0.393. The molecule has 2 heterocycles. The van der Waals surface area contributed by atoms with Crippen molar-refractivity contribution in [2.75, 3.05) is 5.32 Å². The average Bonchev–Trinajstić information content (AvgIpc) is 2.83. The van der Waals surface area contributed by atoms with E-state index in [0.29, 0.717) is 18.1 Å². The van der Waals surface area contributed by atoms with Crippen molar-refractivity contribution >= 4 is 11.5 Å². The molecule has 0 aliphatic heterocycles. The van der Waals surface area contributed by atoms with Crippen molar-refractivity contribution in [3.8, 4) is 0 Å². The molecule has 3 aromatic rings. The first-order valence-corrected chi connectivity index (χ1v) is 6.95. The van der Waals surface area contributed by atoms with Crippen molar-refractivity contribution in [3.63, 3.8) is 0 Å². The molecular weight excluding hydrogens is 280 g/mol. The minimum atomic E-state index is -0.145. The van der Waals surface area contributed by atoms with Crippen molar-refractivity contribution in [2.45, 2.75) is 20.4 Å². The molecule has 0 unspecified atom stereocenters. The van der Waals surface area contributed by atoms with E-state index in [9.17, 15) is 4.79 Å². The number of hydrogen-bond donors (Lipinski definition) is 1. The normalized spacial score (nSPS) is 10.6. The van der Waals surface area contributed by atoms with Crippen LogP contribution in [0.2, 0.25) is 0 Å². The quantitative estimate of drug-likeness (QED) is 0.801. The summed E-state index contributed by atoms with van der Waals surface area (Å²) in [5, 5.41) is 11.4. The summed E-state index contributed by atoms with van der Waals surface area (Å²) < 4.78 is 6.53. The van der Waals surface area contributed by atoms with E-state index < -0.39 is 0 Å². The summed E-state index contributed by atoms with van der Waals surface area (Å²) in [7, 11) is 0. The number of anilines is 2. The highest BCUT2D eigenvalue weighted by Crippen LogP contribution is 2.22. The zero-order valence-corrected chi connectivity index (χ0v) is 12.4. The third kappa shape index (κ3) is 2.90. The number of nitrogens with one attached hydrogen (secondary N) is 1. The molecule has 0 radical (unpaired) electrons. The highest BCUT2D eigenvalue weighted by molar-refractivity contribution is 5.59. The molecule has 0 aliphatic rings. The maximum absolute atomic E-state index is 12.0. The van der Waals surface area contributed by atoms with Crippen LogP contribution in [0, 0.1) is 13.8 Å². The minimum Gasteiger partial charge on any atom is -0.359 e. The van der Waals surface area contributed by atoms with Crippen molar-refractivity contribution < 1.29 is 4.52 Å². The molecule has 6 heteroatoms. The highest BCUT2D eigenvalue weighted by atomic mass is 16.5. The van der Waals surface area contributed by atoms with Gasteiger partial charge in [-0.3, -0.25) is 4.79 Å². The summed E-state index contributed by atoms with van der Waals surface area (Å²) in [4.78, 5) is 12.0. The fourth-order valence-corrected chi connectivity index (χ4v) is 2.17. The predicted molar refractivity (Wildman–Crippen MR) is 83.3 cm³/mol. The lowest BCUT2D eigenvalue weighted by Crippen LogP contribution is -2.23. The second kappa shape index (κ2) is 5.85. The minimum absolute atomic E-state index is 0.145. The van der Waals surface area contributed by atoms with Crippen molar-refractivity contribution in [1.82, 2.24) is 14.9 Å². The molecule has 0 saturated heterocycles. The van der Waals surface area contributed by atoms with Gasteiger partial charge in [0.1, 0.15) is 11.4 Å². The van der Waals surface area contributed by atoms with Crippen LogP contribution in [0.25, 0.3) is 0 Å². The Morgan fingerprint density at radius 1 is 1.14 bits per heavy atom. The van der Waals surface area contributed by atoms with Gasteiger partial charge in [-0.25, -0.2) is 4.68 Å². The van der Waals surface area contributed by atoms with E-state index >= 15 is 0 Å². The van der Waals surface area contributed by atoms with Crippen LogP contribution in [0.4, 0.5) is 11.5 Å². The SMILES string of the molecule is Cc1noc(C)c1Nc1ccc(=O)n(Cc2ccccc2)n1. The molecule has 0 spiro atoms. The van der Waals surface area contributed by atoms with Gasteiger partial charge in [0, 0.05) is 6.07 Å². The maximum Gasteiger partial charge on any atom is 0.267 e. The number of nitrogens with zero attached hydrogens (tertiary/aromatic N) is 3. The summed E-state index contributed by atoms with van der Waals surface area (Å²) in [5.74, 6) is 1.25. The number of aromatic nitrogens is 3. The van der Waals surface area contributed by atoms with Crippen LogP contribution >= 0.6 is 0 Å². The molecule has 2 aromatic heterocycles. The van der Waals surface area contributed by atoms with Gasteiger partial charge >= 0.3 is 0 Å². The first-order valence-electron chi connectivity index (χ1n) is 6.95. The van der Waals surface area contributed by atoms with Crippen LogP contribution in [-0.4, -0.2) is 14.9 Å². The Bertz CT molecular complexity index is 817. The van der Waals surface area contributed by atoms with Crippen LogP contribution in [0.5, 0.6) is 0 Å². The zero-order valence-electron chi connectivity index (χ0n) is 12.4.